The van der Waals surface area contributed by atoms with Gasteiger partial charge in [0, 0.05) is 12.2 Å². The standard InChI is InChI=1S/C15H22N2O2/c1-10-5-6-12(7-11(10)2)17-14(19)13(8-18)16-9-15(17,3)4/h5-7,13,16,18H,8-9H2,1-4H3. The zero-order chi connectivity index (χ0) is 14.2. The number of carbonyl (C=O) groups excluding carboxylic acids is 1. The number of benzene rings is 1. The van der Waals surface area contributed by atoms with Crippen LogP contribution in [0.4, 0.5) is 5.69 Å². The number of piperazine rings is 1. The summed E-state index contributed by atoms with van der Waals surface area (Å²) in [5.41, 5.74) is 2.98. The predicted molar refractivity (Wildman–Crippen MR) is 76.4 cm³/mol. The lowest BCUT2D eigenvalue weighted by molar-refractivity contribution is -0.124. The first-order valence-electron chi connectivity index (χ1n) is 6.62. The Morgan fingerprint density at radius 3 is 2.63 bits per heavy atom. The Kier molecular flexibility index (Phi) is 3.65. The number of aliphatic hydroxyl groups excluding tert-OH is 1. The summed E-state index contributed by atoms with van der Waals surface area (Å²) < 4.78 is 0. The predicted octanol–water partition coefficient (Wildman–Crippen LogP) is 1.38. The zero-order valence-corrected chi connectivity index (χ0v) is 12.0. The molecule has 1 heterocycles. The molecule has 104 valence electrons. The first-order chi connectivity index (χ1) is 8.86. The summed E-state index contributed by atoms with van der Waals surface area (Å²) in [5.74, 6) is -0.0676. The van der Waals surface area contributed by atoms with Crippen molar-refractivity contribution in [3.63, 3.8) is 0 Å². The molecule has 1 aliphatic rings. The van der Waals surface area contributed by atoms with Crippen molar-refractivity contribution in [3.05, 3.63) is 29.3 Å². The van der Waals surface area contributed by atoms with E-state index in [0.717, 1.165) is 5.69 Å². The molecule has 1 atom stereocenters. The molecule has 4 heteroatoms. The minimum absolute atomic E-state index is 0.0676. The Labute approximate surface area is 114 Å². The summed E-state index contributed by atoms with van der Waals surface area (Å²) in [6.07, 6.45) is 0. The van der Waals surface area contributed by atoms with Crippen molar-refractivity contribution >= 4 is 11.6 Å². The van der Waals surface area contributed by atoms with E-state index in [1.807, 2.05) is 39.0 Å². The van der Waals surface area contributed by atoms with E-state index < -0.39 is 6.04 Å². The maximum atomic E-state index is 12.5. The van der Waals surface area contributed by atoms with Gasteiger partial charge < -0.3 is 15.3 Å². The van der Waals surface area contributed by atoms with Gasteiger partial charge in [-0.25, -0.2) is 0 Å². The van der Waals surface area contributed by atoms with Crippen molar-refractivity contribution in [2.24, 2.45) is 0 Å². The topological polar surface area (TPSA) is 52.6 Å². The fraction of sp³-hybridized carbons (Fsp3) is 0.533. The minimum Gasteiger partial charge on any atom is -0.394 e. The average molecular weight is 262 g/mol. The number of aryl methyl sites for hydroxylation is 2. The highest BCUT2D eigenvalue weighted by Gasteiger charge is 2.40. The summed E-state index contributed by atoms with van der Waals surface area (Å²) in [5, 5.41) is 12.4. The second kappa shape index (κ2) is 4.94. The van der Waals surface area contributed by atoms with Crippen LogP contribution in [0.25, 0.3) is 0 Å². The Balaban J connectivity index is 2.43. The second-order valence-electron chi connectivity index (χ2n) is 5.87. The number of aliphatic hydroxyl groups is 1. The van der Waals surface area contributed by atoms with Gasteiger partial charge in [-0.15, -0.1) is 0 Å². The van der Waals surface area contributed by atoms with Crippen molar-refractivity contribution in [2.45, 2.75) is 39.3 Å². The lowest BCUT2D eigenvalue weighted by Crippen LogP contribution is -2.66. The largest absolute Gasteiger partial charge is 0.394 e. The molecule has 19 heavy (non-hydrogen) atoms. The Hall–Kier alpha value is -1.39. The van der Waals surface area contributed by atoms with Gasteiger partial charge in [-0.2, -0.15) is 0 Å². The number of anilines is 1. The van der Waals surface area contributed by atoms with E-state index in [-0.39, 0.29) is 18.1 Å². The monoisotopic (exact) mass is 262 g/mol. The van der Waals surface area contributed by atoms with E-state index in [9.17, 15) is 9.90 Å². The quantitative estimate of drug-likeness (QED) is 0.846. The van der Waals surface area contributed by atoms with Gasteiger partial charge in [-0.1, -0.05) is 6.07 Å². The first kappa shape index (κ1) is 14.0. The van der Waals surface area contributed by atoms with Gasteiger partial charge in [-0.05, 0) is 51.0 Å². The molecule has 1 saturated heterocycles. The molecule has 0 saturated carbocycles. The highest BCUT2D eigenvalue weighted by Crippen LogP contribution is 2.29. The number of hydrogen-bond donors (Lipinski definition) is 2. The fourth-order valence-corrected chi connectivity index (χ4v) is 2.48. The Bertz CT molecular complexity index is 497. The second-order valence-corrected chi connectivity index (χ2v) is 5.87. The van der Waals surface area contributed by atoms with Crippen LogP contribution in [-0.2, 0) is 4.79 Å². The van der Waals surface area contributed by atoms with E-state index in [4.69, 9.17) is 0 Å². The van der Waals surface area contributed by atoms with Crippen molar-refractivity contribution in [1.82, 2.24) is 5.32 Å². The Morgan fingerprint density at radius 2 is 2.05 bits per heavy atom. The van der Waals surface area contributed by atoms with Gasteiger partial charge in [-0.3, -0.25) is 4.79 Å². The molecule has 2 rings (SSSR count). The number of carbonyl (C=O) groups is 1. The molecule has 2 N–H and O–H groups in total. The van der Waals surface area contributed by atoms with Crippen LogP contribution < -0.4 is 10.2 Å². The molecule has 0 spiro atoms. The molecule has 1 unspecified atom stereocenters. The normalized spacial score (nSPS) is 22.7. The summed E-state index contributed by atoms with van der Waals surface area (Å²) in [4.78, 5) is 14.3. The molecule has 0 aromatic heterocycles. The number of nitrogens with zero attached hydrogens (tertiary/aromatic N) is 1. The van der Waals surface area contributed by atoms with Crippen LogP contribution in [0.1, 0.15) is 25.0 Å². The molecule has 1 aromatic rings. The van der Waals surface area contributed by atoms with Gasteiger partial charge in [0.25, 0.3) is 0 Å². The fourth-order valence-electron chi connectivity index (χ4n) is 2.48. The zero-order valence-electron chi connectivity index (χ0n) is 12.0. The number of nitrogens with one attached hydrogen (secondary N) is 1. The molecule has 1 aliphatic heterocycles. The van der Waals surface area contributed by atoms with E-state index >= 15 is 0 Å². The molecule has 1 fully saturated rings. The van der Waals surface area contributed by atoms with E-state index in [1.54, 1.807) is 4.90 Å². The molecule has 0 radical (unpaired) electrons. The average Bonchev–Trinajstić information content (AvgIpc) is 2.33. The molecule has 1 aromatic carbocycles. The van der Waals surface area contributed by atoms with Crippen LogP contribution in [0.15, 0.2) is 18.2 Å². The smallest absolute Gasteiger partial charge is 0.247 e. The summed E-state index contributed by atoms with van der Waals surface area (Å²) in [6.45, 7) is 8.65. The number of rotatable bonds is 2. The van der Waals surface area contributed by atoms with Crippen LogP contribution in [0.2, 0.25) is 0 Å². The lowest BCUT2D eigenvalue weighted by atomic mass is 9.95. The van der Waals surface area contributed by atoms with Crippen LogP contribution in [0.3, 0.4) is 0 Å². The highest BCUT2D eigenvalue weighted by atomic mass is 16.3. The van der Waals surface area contributed by atoms with Crippen LogP contribution in [0, 0.1) is 13.8 Å². The maximum Gasteiger partial charge on any atom is 0.247 e. The molecule has 0 aliphatic carbocycles. The SMILES string of the molecule is Cc1ccc(N2C(=O)C(CO)NCC2(C)C)cc1C. The van der Waals surface area contributed by atoms with Gasteiger partial charge in [0.15, 0.2) is 0 Å². The lowest BCUT2D eigenvalue weighted by Gasteiger charge is -2.45. The van der Waals surface area contributed by atoms with Crippen molar-refractivity contribution in [1.29, 1.82) is 0 Å². The number of amides is 1. The molecular formula is C15H22N2O2. The van der Waals surface area contributed by atoms with Crippen LogP contribution in [-0.4, -0.2) is 35.7 Å². The maximum absolute atomic E-state index is 12.5. The molecule has 0 bridgehead atoms. The summed E-state index contributed by atoms with van der Waals surface area (Å²) >= 11 is 0. The Morgan fingerprint density at radius 1 is 1.37 bits per heavy atom. The van der Waals surface area contributed by atoms with Crippen molar-refractivity contribution in [3.8, 4) is 0 Å². The highest BCUT2D eigenvalue weighted by molar-refractivity contribution is 5.99. The number of hydrogen-bond acceptors (Lipinski definition) is 3. The van der Waals surface area contributed by atoms with Crippen molar-refractivity contribution in [2.75, 3.05) is 18.1 Å². The van der Waals surface area contributed by atoms with E-state index in [0.29, 0.717) is 6.54 Å². The summed E-state index contributed by atoms with van der Waals surface area (Å²) in [6, 6.07) is 5.54. The van der Waals surface area contributed by atoms with Crippen LogP contribution in [0.5, 0.6) is 0 Å². The molecule has 1 amide bonds. The van der Waals surface area contributed by atoms with Gasteiger partial charge in [0.05, 0.1) is 12.1 Å². The third-order valence-electron chi connectivity index (χ3n) is 3.84. The third kappa shape index (κ3) is 2.51. The first-order valence-corrected chi connectivity index (χ1v) is 6.62. The molecule has 4 nitrogen and oxygen atoms in total. The van der Waals surface area contributed by atoms with E-state index in [2.05, 4.69) is 12.2 Å². The summed E-state index contributed by atoms with van der Waals surface area (Å²) in [7, 11) is 0. The van der Waals surface area contributed by atoms with Gasteiger partial charge in [0.2, 0.25) is 5.91 Å². The van der Waals surface area contributed by atoms with Gasteiger partial charge in [0.1, 0.15) is 6.04 Å². The van der Waals surface area contributed by atoms with Gasteiger partial charge >= 0.3 is 0 Å². The van der Waals surface area contributed by atoms with Crippen molar-refractivity contribution < 1.29 is 9.90 Å². The minimum atomic E-state index is -0.505. The van der Waals surface area contributed by atoms with E-state index in [1.165, 1.54) is 11.1 Å². The third-order valence-corrected chi connectivity index (χ3v) is 3.84. The molecular weight excluding hydrogens is 240 g/mol. The van der Waals surface area contributed by atoms with Crippen LogP contribution >= 0.6 is 0 Å².